The standard InChI is InChI=1S/C17H15N3O/c21-16(11-5-6-11)12-7-9-13(10-8-12)18-17-19-14-3-1-2-4-15(14)20-17/h1-4,7-11H,5-6H2,(H2,18,19,20). The Morgan fingerprint density at radius 2 is 1.86 bits per heavy atom. The van der Waals surface area contributed by atoms with Gasteiger partial charge in [0.05, 0.1) is 11.0 Å². The Balaban J connectivity index is 1.54. The fraction of sp³-hybridized carbons (Fsp3) is 0.176. The summed E-state index contributed by atoms with van der Waals surface area (Å²) in [7, 11) is 0. The Labute approximate surface area is 122 Å². The lowest BCUT2D eigenvalue weighted by Crippen LogP contribution is -2.01. The molecule has 0 amide bonds. The predicted molar refractivity (Wildman–Crippen MR) is 82.9 cm³/mol. The first-order chi connectivity index (χ1) is 10.3. The topological polar surface area (TPSA) is 57.8 Å². The van der Waals surface area contributed by atoms with Crippen molar-refractivity contribution < 1.29 is 4.79 Å². The van der Waals surface area contributed by atoms with E-state index in [9.17, 15) is 4.79 Å². The SMILES string of the molecule is O=C(c1ccc(Nc2nc3ccccc3[nH]2)cc1)C1CC1. The smallest absolute Gasteiger partial charge is 0.205 e. The van der Waals surface area contributed by atoms with E-state index in [0.717, 1.165) is 35.1 Å². The summed E-state index contributed by atoms with van der Waals surface area (Å²) in [5.41, 5.74) is 3.65. The van der Waals surface area contributed by atoms with Crippen molar-refractivity contribution in [1.82, 2.24) is 9.97 Å². The van der Waals surface area contributed by atoms with Gasteiger partial charge in [-0.15, -0.1) is 0 Å². The lowest BCUT2D eigenvalue weighted by atomic mass is 10.1. The van der Waals surface area contributed by atoms with Crippen LogP contribution < -0.4 is 5.32 Å². The van der Waals surface area contributed by atoms with Gasteiger partial charge >= 0.3 is 0 Å². The minimum atomic E-state index is 0.263. The highest BCUT2D eigenvalue weighted by Crippen LogP contribution is 2.32. The van der Waals surface area contributed by atoms with Crippen molar-refractivity contribution in [3.63, 3.8) is 0 Å². The number of aromatic amines is 1. The van der Waals surface area contributed by atoms with Crippen LogP contribution in [-0.2, 0) is 0 Å². The van der Waals surface area contributed by atoms with Crippen LogP contribution in [0, 0.1) is 5.92 Å². The number of nitrogens with one attached hydrogen (secondary N) is 2. The van der Waals surface area contributed by atoms with E-state index in [1.54, 1.807) is 0 Å². The number of H-pyrrole nitrogens is 1. The molecule has 1 fully saturated rings. The molecule has 0 atom stereocenters. The van der Waals surface area contributed by atoms with Crippen LogP contribution in [0.25, 0.3) is 11.0 Å². The number of hydrogen-bond acceptors (Lipinski definition) is 3. The minimum Gasteiger partial charge on any atom is -0.326 e. The number of benzene rings is 2. The first kappa shape index (κ1) is 12.1. The third-order valence-electron chi connectivity index (χ3n) is 3.77. The Morgan fingerprint density at radius 1 is 1.10 bits per heavy atom. The van der Waals surface area contributed by atoms with Crippen molar-refractivity contribution >= 4 is 28.5 Å². The summed E-state index contributed by atoms with van der Waals surface area (Å²) >= 11 is 0. The Bertz CT molecular complexity index is 767. The fourth-order valence-electron chi connectivity index (χ4n) is 2.45. The van der Waals surface area contributed by atoms with E-state index >= 15 is 0 Å². The molecule has 0 bridgehead atoms. The molecule has 4 nitrogen and oxygen atoms in total. The summed E-state index contributed by atoms with van der Waals surface area (Å²) in [6.45, 7) is 0. The number of ketones is 1. The molecule has 0 saturated heterocycles. The zero-order chi connectivity index (χ0) is 14.2. The largest absolute Gasteiger partial charge is 0.326 e. The maximum atomic E-state index is 12.0. The third-order valence-corrected chi connectivity index (χ3v) is 3.77. The Hall–Kier alpha value is -2.62. The van der Waals surface area contributed by atoms with Crippen LogP contribution in [0.4, 0.5) is 11.6 Å². The van der Waals surface area contributed by atoms with Crippen molar-refractivity contribution in [3.05, 3.63) is 54.1 Å². The molecule has 0 radical (unpaired) electrons. The van der Waals surface area contributed by atoms with Gasteiger partial charge < -0.3 is 10.3 Å². The molecule has 1 aliphatic rings. The number of aromatic nitrogens is 2. The zero-order valence-corrected chi connectivity index (χ0v) is 11.5. The Kier molecular flexibility index (Phi) is 2.74. The first-order valence-electron chi connectivity index (χ1n) is 7.16. The summed E-state index contributed by atoms with van der Waals surface area (Å²) in [4.78, 5) is 19.6. The number of rotatable bonds is 4. The lowest BCUT2D eigenvalue weighted by molar-refractivity contribution is 0.0967. The molecule has 21 heavy (non-hydrogen) atoms. The number of para-hydroxylation sites is 2. The van der Waals surface area contributed by atoms with Crippen LogP contribution in [-0.4, -0.2) is 15.8 Å². The summed E-state index contributed by atoms with van der Waals surface area (Å²) in [5, 5.41) is 3.23. The van der Waals surface area contributed by atoms with Crippen LogP contribution >= 0.6 is 0 Å². The van der Waals surface area contributed by atoms with Crippen LogP contribution in [0.3, 0.4) is 0 Å². The quantitative estimate of drug-likeness (QED) is 0.711. The molecular weight excluding hydrogens is 262 g/mol. The molecule has 2 N–H and O–H groups in total. The number of carbonyl (C=O) groups is 1. The monoisotopic (exact) mass is 277 g/mol. The molecule has 0 unspecified atom stereocenters. The molecular formula is C17H15N3O. The highest BCUT2D eigenvalue weighted by molar-refractivity contribution is 5.99. The molecule has 3 aromatic rings. The van der Waals surface area contributed by atoms with E-state index in [1.165, 1.54) is 0 Å². The summed E-state index contributed by atoms with van der Waals surface area (Å²) in [5.74, 6) is 1.24. The van der Waals surface area contributed by atoms with Crippen LogP contribution in [0.2, 0.25) is 0 Å². The van der Waals surface area contributed by atoms with E-state index in [4.69, 9.17) is 0 Å². The average molecular weight is 277 g/mol. The molecule has 4 heteroatoms. The van der Waals surface area contributed by atoms with Gasteiger partial charge in [-0.2, -0.15) is 0 Å². The number of hydrogen-bond donors (Lipinski definition) is 2. The molecule has 0 spiro atoms. The lowest BCUT2D eigenvalue weighted by Gasteiger charge is -2.04. The van der Waals surface area contributed by atoms with Gasteiger partial charge in [-0.3, -0.25) is 4.79 Å². The van der Waals surface area contributed by atoms with Crippen molar-refractivity contribution in [2.45, 2.75) is 12.8 Å². The number of anilines is 2. The highest BCUT2D eigenvalue weighted by Gasteiger charge is 2.30. The predicted octanol–water partition coefficient (Wildman–Crippen LogP) is 3.90. The number of carbonyl (C=O) groups excluding carboxylic acids is 1. The highest BCUT2D eigenvalue weighted by atomic mass is 16.1. The number of Topliss-reactive ketones (excluding diaryl/α,β-unsaturated/α-hetero) is 1. The van der Waals surface area contributed by atoms with Gasteiger partial charge in [0.15, 0.2) is 5.78 Å². The van der Waals surface area contributed by atoms with E-state index in [0.29, 0.717) is 5.95 Å². The third kappa shape index (κ3) is 2.40. The van der Waals surface area contributed by atoms with E-state index in [-0.39, 0.29) is 11.7 Å². The molecule has 1 heterocycles. The molecule has 1 aliphatic carbocycles. The van der Waals surface area contributed by atoms with Crippen molar-refractivity contribution in [2.75, 3.05) is 5.32 Å². The van der Waals surface area contributed by atoms with E-state index in [2.05, 4.69) is 15.3 Å². The number of imidazole rings is 1. The van der Waals surface area contributed by atoms with Gasteiger partial charge in [-0.05, 0) is 49.2 Å². The van der Waals surface area contributed by atoms with Gasteiger partial charge in [0, 0.05) is 17.2 Å². The zero-order valence-electron chi connectivity index (χ0n) is 11.5. The molecule has 2 aromatic carbocycles. The Morgan fingerprint density at radius 3 is 2.57 bits per heavy atom. The minimum absolute atomic E-state index is 0.263. The molecule has 0 aliphatic heterocycles. The second-order valence-corrected chi connectivity index (χ2v) is 5.44. The molecule has 1 saturated carbocycles. The first-order valence-corrected chi connectivity index (χ1v) is 7.16. The molecule has 4 rings (SSSR count). The molecule has 1 aromatic heterocycles. The summed E-state index contributed by atoms with van der Waals surface area (Å²) in [6.07, 6.45) is 2.08. The van der Waals surface area contributed by atoms with E-state index < -0.39 is 0 Å². The van der Waals surface area contributed by atoms with Gasteiger partial charge in [-0.25, -0.2) is 4.98 Å². The van der Waals surface area contributed by atoms with E-state index in [1.807, 2.05) is 48.5 Å². The fourth-order valence-corrected chi connectivity index (χ4v) is 2.45. The summed E-state index contributed by atoms with van der Waals surface area (Å²) in [6, 6.07) is 15.5. The van der Waals surface area contributed by atoms with Crippen molar-refractivity contribution in [2.24, 2.45) is 5.92 Å². The van der Waals surface area contributed by atoms with Crippen LogP contribution in [0.1, 0.15) is 23.2 Å². The second-order valence-electron chi connectivity index (χ2n) is 5.44. The normalized spacial score (nSPS) is 14.3. The number of nitrogens with zero attached hydrogens (tertiary/aromatic N) is 1. The van der Waals surface area contributed by atoms with Crippen molar-refractivity contribution in [3.8, 4) is 0 Å². The molecule has 104 valence electrons. The summed E-state index contributed by atoms with van der Waals surface area (Å²) < 4.78 is 0. The van der Waals surface area contributed by atoms with Gasteiger partial charge in [-0.1, -0.05) is 12.1 Å². The van der Waals surface area contributed by atoms with Gasteiger partial charge in [0.25, 0.3) is 0 Å². The maximum absolute atomic E-state index is 12.0. The van der Waals surface area contributed by atoms with Crippen LogP contribution in [0.15, 0.2) is 48.5 Å². The van der Waals surface area contributed by atoms with Crippen molar-refractivity contribution in [1.29, 1.82) is 0 Å². The number of fused-ring (bicyclic) bond motifs is 1. The van der Waals surface area contributed by atoms with Crippen LogP contribution in [0.5, 0.6) is 0 Å². The second kappa shape index (κ2) is 4.74. The average Bonchev–Trinajstić information content (AvgIpc) is 3.27. The van der Waals surface area contributed by atoms with Gasteiger partial charge in [0.2, 0.25) is 5.95 Å². The van der Waals surface area contributed by atoms with Gasteiger partial charge in [0.1, 0.15) is 0 Å². The maximum Gasteiger partial charge on any atom is 0.205 e.